The monoisotopic (exact) mass is 426 g/mol. The van der Waals surface area contributed by atoms with Crippen molar-refractivity contribution in [2.45, 2.75) is 37.5 Å². The molecule has 1 unspecified atom stereocenters. The van der Waals surface area contributed by atoms with Crippen molar-refractivity contribution in [2.75, 3.05) is 7.11 Å². The summed E-state index contributed by atoms with van der Waals surface area (Å²) in [6.45, 7) is 1.48. The van der Waals surface area contributed by atoms with Gasteiger partial charge in [-0.25, -0.2) is 0 Å². The Hall–Kier alpha value is -2.18. The Morgan fingerprint density at radius 2 is 2.12 bits per heavy atom. The molecule has 0 saturated carbocycles. The number of rotatable bonds is 7. The Balaban J connectivity index is 2.02. The van der Waals surface area contributed by atoms with Gasteiger partial charge in [0.25, 0.3) is 0 Å². The first-order valence-corrected chi connectivity index (χ1v) is 10.4. The fourth-order valence-electron chi connectivity index (χ4n) is 3.06. The molecule has 0 bridgehead atoms. The maximum atomic E-state index is 11.8. The summed E-state index contributed by atoms with van der Waals surface area (Å²) >= 11 is -0.0446. The van der Waals surface area contributed by atoms with Crippen molar-refractivity contribution in [1.82, 2.24) is 5.32 Å². The average molecular weight is 425 g/mol. The number of carbonyl (C=O) groups is 2. The summed E-state index contributed by atoms with van der Waals surface area (Å²) in [6.07, 6.45) is 3.75. The van der Waals surface area contributed by atoms with Crippen molar-refractivity contribution in [3.05, 3.63) is 46.0 Å². The number of hydrogen-bond donors (Lipinski definition) is 1. The van der Waals surface area contributed by atoms with Gasteiger partial charge in [0.05, 0.1) is 0 Å². The van der Waals surface area contributed by atoms with E-state index < -0.39 is 0 Å². The van der Waals surface area contributed by atoms with Crippen LogP contribution in [-0.4, -0.2) is 44.9 Å². The van der Waals surface area contributed by atoms with E-state index in [1.54, 1.807) is 12.1 Å². The number of nitrogens with one attached hydrogen (secondary N) is 1. The first kappa shape index (κ1) is 20.1. The van der Waals surface area contributed by atoms with Crippen molar-refractivity contribution in [3.8, 4) is 0 Å². The molecule has 26 heavy (non-hydrogen) atoms. The Morgan fingerprint density at radius 3 is 2.77 bits per heavy atom. The number of carbonyl (C=O) groups excluding carboxylic acids is 2. The van der Waals surface area contributed by atoms with Gasteiger partial charge in [0.2, 0.25) is 0 Å². The minimum atomic E-state index is -0.351. The number of nitro benzene ring substituents is 1. The number of methoxy groups -OCH3 is 1. The molecule has 7 nitrogen and oxygen atoms in total. The number of nitro groups is 1. The van der Waals surface area contributed by atoms with Crippen molar-refractivity contribution < 1.29 is 19.2 Å². The van der Waals surface area contributed by atoms with E-state index in [0.29, 0.717) is 18.4 Å². The molecule has 0 spiro atoms. The molecular formula is C18H22N2O5Se. The third-order valence-corrected chi connectivity index (χ3v) is 6.61. The van der Waals surface area contributed by atoms with Crippen LogP contribution >= 0.6 is 0 Å². The summed E-state index contributed by atoms with van der Waals surface area (Å²) < 4.78 is 5.57. The second-order valence-electron chi connectivity index (χ2n) is 6.09. The van der Waals surface area contributed by atoms with Crippen LogP contribution < -0.4 is 9.78 Å². The number of esters is 1. The maximum absolute atomic E-state index is 11.8. The molecule has 0 aliphatic heterocycles. The van der Waals surface area contributed by atoms with E-state index in [1.165, 1.54) is 20.1 Å². The van der Waals surface area contributed by atoms with Crippen LogP contribution in [0.25, 0.3) is 0 Å². The molecule has 2 atom stereocenters. The summed E-state index contributed by atoms with van der Waals surface area (Å²) in [4.78, 5) is 34.0. The van der Waals surface area contributed by atoms with E-state index in [2.05, 4.69) is 5.32 Å². The van der Waals surface area contributed by atoms with Crippen LogP contribution in [0.1, 0.15) is 26.2 Å². The molecule has 1 amide bonds. The summed E-state index contributed by atoms with van der Waals surface area (Å²) in [5.41, 5.74) is 0.794. The van der Waals surface area contributed by atoms with Gasteiger partial charge in [-0.2, -0.15) is 0 Å². The van der Waals surface area contributed by atoms with Gasteiger partial charge in [0.15, 0.2) is 0 Å². The zero-order valence-corrected chi connectivity index (χ0v) is 16.5. The molecule has 0 heterocycles. The van der Waals surface area contributed by atoms with Gasteiger partial charge in [-0.3, -0.25) is 0 Å². The molecule has 1 aliphatic rings. The van der Waals surface area contributed by atoms with Gasteiger partial charge in [-0.15, -0.1) is 0 Å². The quantitative estimate of drug-likeness (QED) is 0.311. The van der Waals surface area contributed by atoms with Gasteiger partial charge in [0, 0.05) is 0 Å². The van der Waals surface area contributed by atoms with E-state index in [0.717, 1.165) is 16.2 Å². The minimum absolute atomic E-state index is 0.0255. The molecular weight excluding hydrogens is 403 g/mol. The summed E-state index contributed by atoms with van der Waals surface area (Å²) in [5, 5.41) is 14.9. The third-order valence-electron chi connectivity index (χ3n) is 4.31. The van der Waals surface area contributed by atoms with Crippen LogP contribution in [0.2, 0.25) is 5.32 Å². The Labute approximate surface area is 158 Å². The molecule has 8 heteroatoms. The van der Waals surface area contributed by atoms with Crippen LogP contribution in [-0.2, 0) is 14.3 Å². The van der Waals surface area contributed by atoms with Crippen LogP contribution in [0, 0.1) is 16.0 Å². The molecule has 2 rings (SSSR count). The van der Waals surface area contributed by atoms with Gasteiger partial charge < -0.3 is 0 Å². The zero-order chi connectivity index (χ0) is 19.1. The fraction of sp³-hybridized carbons (Fsp3) is 0.444. The van der Waals surface area contributed by atoms with Crippen molar-refractivity contribution >= 4 is 37.0 Å². The molecule has 0 aromatic heterocycles. The number of benzene rings is 1. The van der Waals surface area contributed by atoms with Crippen LogP contribution in [0.4, 0.5) is 5.69 Å². The summed E-state index contributed by atoms with van der Waals surface area (Å²) in [6, 6.07) is 6.77. The van der Waals surface area contributed by atoms with E-state index in [-0.39, 0.29) is 49.4 Å². The topological polar surface area (TPSA) is 98.5 Å². The van der Waals surface area contributed by atoms with Crippen molar-refractivity contribution in [3.63, 3.8) is 0 Å². The number of ether oxygens (including phenoxy) is 1. The van der Waals surface area contributed by atoms with Crippen LogP contribution in [0.15, 0.2) is 35.9 Å². The first-order chi connectivity index (χ1) is 12.4. The molecule has 0 saturated heterocycles. The van der Waals surface area contributed by atoms with Crippen molar-refractivity contribution in [1.29, 1.82) is 0 Å². The Bertz CT molecular complexity index is 719. The number of amides is 1. The van der Waals surface area contributed by atoms with E-state index >= 15 is 0 Å². The van der Waals surface area contributed by atoms with Gasteiger partial charge in [0.1, 0.15) is 0 Å². The summed E-state index contributed by atoms with van der Waals surface area (Å²) in [5.74, 6) is -0.317. The molecule has 1 N–H and O–H groups in total. The SMILES string of the molecule is COC(=O)C1=CCC(NC(C)=O)[C@@H](CC[Se]c2ccccc2[N+](=O)[O-])C1. The molecule has 1 aromatic carbocycles. The van der Waals surface area contributed by atoms with Gasteiger partial charge >= 0.3 is 158 Å². The molecule has 140 valence electrons. The second-order valence-corrected chi connectivity index (χ2v) is 8.47. The molecule has 0 radical (unpaired) electrons. The Morgan fingerprint density at radius 1 is 1.38 bits per heavy atom. The first-order valence-electron chi connectivity index (χ1n) is 8.33. The van der Waals surface area contributed by atoms with Crippen LogP contribution in [0.3, 0.4) is 0 Å². The number of nitrogens with zero attached hydrogens (tertiary/aromatic N) is 1. The van der Waals surface area contributed by atoms with Gasteiger partial charge in [-0.05, 0) is 0 Å². The molecule has 1 aromatic rings. The third kappa shape index (κ3) is 5.41. The second kappa shape index (κ2) is 9.50. The van der Waals surface area contributed by atoms with Crippen molar-refractivity contribution in [2.24, 2.45) is 5.92 Å². The predicted octanol–water partition coefficient (Wildman–Crippen LogP) is 1.75. The average Bonchev–Trinajstić information content (AvgIpc) is 2.62. The standard InChI is InChI=1S/C18H22N2O5Se/c1-12(21)19-15-8-7-14(18(22)25-2)11-13(15)9-10-26-17-6-4-3-5-16(17)20(23)24/h3-7,13,15H,8-11H2,1-2H3,(H,19,21)/t13-,15?/m0/s1. The fourth-order valence-corrected chi connectivity index (χ4v) is 5.38. The van der Waals surface area contributed by atoms with Crippen LogP contribution in [0.5, 0.6) is 0 Å². The van der Waals surface area contributed by atoms with E-state index in [4.69, 9.17) is 4.74 Å². The number of para-hydroxylation sites is 1. The molecule has 0 fully saturated rings. The Kier molecular flexibility index (Phi) is 7.36. The predicted molar refractivity (Wildman–Crippen MR) is 98.3 cm³/mol. The zero-order valence-electron chi connectivity index (χ0n) is 14.8. The number of hydrogen-bond acceptors (Lipinski definition) is 5. The van der Waals surface area contributed by atoms with E-state index in [9.17, 15) is 19.7 Å². The van der Waals surface area contributed by atoms with E-state index in [1.807, 2.05) is 12.1 Å². The van der Waals surface area contributed by atoms with Gasteiger partial charge in [-0.1, -0.05) is 0 Å². The summed E-state index contributed by atoms with van der Waals surface area (Å²) in [7, 11) is 1.36. The normalized spacial score (nSPS) is 19.4. The molecule has 1 aliphatic carbocycles.